The second-order valence-corrected chi connectivity index (χ2v) is 5.52. The Hall–Kier alpha value is -1.81. The number of aryl methyl sites for hydroxylation is 2. The largest absolute Gasteiger partial charge is 0.489 e. The predicted octanol–water partition coefficient (Wildman–Crippen LogP) is 3.93. The van der Waals surface area contributed by atoms with Crippen molar-refractivity contribution in [3.63, 3.8) is 0 Å². The second kappa shape index (κ2) is 6.09. The van der Waals surface area contributed by atoms with E-state index < -0.39 is 0 Å². The summed E-state index contributed by atoms with van der Waals surface area (Å²) in [7, 11) is 0. The monoisotopic (exact) mass is 332 g/mol. The lowest BCUT2D eigenvalue weighted by Gasteiger charge is -2.12. The molecule has 2 rings (SSSR count). The van der Waals surface area contributed by atoms with E-state index in [1.165, 1.54) is 0 Å². The van der Waals surface area contributed by atoms with E-state index in [2.05, 4.69) is 15.9 Å². The quantitative estimate of drug-likeness (QED) is 0.658. The van der Waals surface area contributed by atoms with Crippen molar-refractivity contribution in [3.05, 3.63) is 63.1 Å². The van der Waals surface area contributed by atoms with Gasteiger partial charge in [0.2, 0.25) is 0 Å². The zero-order valence-electron chi connectivity index (χ0n) is 11.5. The average Bonchev–Trinajstić information content (AvgIpc) is 2.42. The summed E-state index contributed by atoms with van der Waals surface area (Å²) in [5, 5.41) is 7.57. The first-order valence-electron chi connectivity index (χ1n) is 6.31. The Morgan fingerprint density at radius 1 is 1.20 bits per heavy atom. The summed E-state index contributed by atoms with van der Waals surface area (Å²) in [6, 6.07) is 11.5. The molecule has 4 heteroatoms. The first kappa shape index (κ1) is 14.6. The maximum absolute atomic E-state index is 7.57. The summed E-state index contributed by atoms with van der Waals surface area (Å²) >= 11 is 3.54. The summed E-state index contributed by atoms with van der Waals surface area (Å²) < 4.78 is 6.93. The molecule has 0 atom stereocenters. The highest BCUT2D eigenvalue weighted by Crippen LogP contribution is 2.27. The van der Waals surface area contributed by atoms with Crippen LogP contribution in [-0.2, 0) is 6.61 Å². The van der Waals surface area contributed by atoms with Gasteiger partial charge in [-0.05, 0) is 37.1 Å². The van der Waals surface area contributed by atoms with E-state index in [1.54, 1.807) is 0 Å². The number of hydrogen-bond donors (Lipinski definition) is 2. The standard InChI is InChI=1S/C16H17BrN2O/c1-10-7-13(8-11(2)15(10)17)20-9-12-5-3-4-6-14(12)16(18)19/h3-8H,9H2,1-2H3,(H3,18,19). The molecule has 0 bridgehead atoms. The smallest absolute Gasteiger partial charge is 0.123 e. The third kappa shape index (κ3) is 3.20. The van der Waals surface area contributed by atoms with Gasteiger partial charge in [0.25, 0.3) is 0 Å². The van der Waals surface area contributed by atoms with Gasteiger partial charge in [0, 0.05) is 15.6 Å². The lowest BCUT2D eigenvalue weighted by Crippen LogP contribution is -2.14. The van der Waals surface area contributed by atoms with Crippen molar-refractivity contribution in [3.8, 4) is 5.75 Å². The van der Waals surface area contributed by atoms with Gasteiger partial charge in [0.1, 0.15) is 18.2 Å². The van der Waals surface area contributed by atoms with Crippen molar-refractivity contribution >= 4 is 21.8 Å². The third-order valence-corrected chi connectivity index (χ3v) is 4.36. The minimum absolute atomic E-state index is 0.0624. The highest BCUT2D eigenvalue weighted by atomic mass is 79.9. The van der Waals surface area contributed by atoms with Crippen molar-refractivity contribution in [1.82, 2.24) is 0 Å². The highest BCUT2D eigenvalue weighted by molar-refractivity contribution is 9.10. The Kier molecular flexibility index (Phi) is 4.45. The number of amidine groups is 1. The van der Waals surface area contributed by atoms with E-state index >= 15 is 0 Å². The Labute approximate surface area is 127 Å². The Morgan fingerprint density at radius 2 is 1.80 bits per heavy atom. The van der Waals surface area contributed by atoms with Crippen molar-refractivity contribution in [2.24, 2.45) is 5.73 Å². The van der Waals surface area contributed by atoms with Crippen LogP contribution in [0.4, 0.5) is 0 Å². The fourth-order valence-electron chi connectivity index (χ4n) is 2.06. The molecule has 0 saturated carbocycles. The normalized spacial score (nSPS) is 10.3. The first-order valence-corrected chi connectivity index (χ1v) is 7.10. The number of hydrogen-bond acceptors (Lipinski definition) is 2. The topological polar surface area (TPSA) is 59.1 Å². The highest BCUT2D eigenvalue weighted by Gasteiger charge is 2.07. The van der Waals surface area contributed by atoms with Gasteiger partial charge < -0.3 is 10.5 Å². The predicted molar refractivity (Wildman–Crippen MR) is 85.4 cm³/mol. The van der Waals surface area contributed by atoms with Crippen LogP contribution in [0.15, 0.2) is 40.9 Å². The van der Waals surface area contributed by atoms with E-state index in [1.807, 2.05) is 50.2 Å². The van der Waals surface area contributed by atoms with Crippen molar-refractivity contribution in [2.75, 3.05) is 0 Å². The van der Waals surface area contributed by atoms with E-state index in [4.69, 9.17) is 15.9 Å². The molecular formula is C16H17BrN2O. The van der Waals surface area contributed by atoms with Gasteiger partial charge in [-0.15, -0.1) is 0 Å². The van der Waals surface area contributed by atoms with Crippen molar-refractivity contribution in [2.45, 2.75) is 20.5 Å². The zero-order chi connectivity index (χ0) is 14.7. The molecule has 0 spiro atoms. The van der Waals surface area contributed by atoms with Gasteiger partial charge >= 0.3 is 0 Å². The molecule has 0 heterocycles. The number of nitrogen functional groups attached to an aromatic ring is 1. The zero-order valence-corrected chi connectivity index (χ0v) is 13.1. The minimum atomic E-state index is 0.0624. The van der Waals surface area contributed by atoms with Crippen molar-refractivity contribution < 1.29 is 4.74 Å². The Balaban J connectivity index is 2.19. The SMILES string of the molecule is Cc1cc(OCc2ccccc2C(=N)N)cc(C)c1Br. The third-order valence-electron chi connectivity index (χ3n) is 3.11. The fourth-order valence-corrected chi connectivity index (χ4v) is 2.29. The molecule has 0 aliphatic rings. The fraction of sp³-hybridized carbons (Fsp3) is 0.188. The molecule has 0 aromatic heterocycles. The summed E-state index contributed by atoms with van der Waals surface area (Å²) in [5.41, 5.74) is 9.49. The molecule has 3 N–H and O–H groups in total. The minimum Gasteiger partial charge on any atom is -0.489 e. The van der Waals surface area contributed by atoms with E-state index in [9.17, 15) is 0 Å². The first-order chi connectivity index (χ1) is 9.49. The number of halogens is 1. The molecule has 104 valence electrons. The van der Waals surface area contributed by atoms with Gasteiger partial charge in [0.15, 0.2) is 0 Å². The summed E-state index contributed by atoms with van der Waals surface area (Å²) in [6.45, 7) is 4.47. The molecular weight excluding hydrogens is 316 g/mol. The van der Waals surface area contributed by atoms with Gasteiger partial charge in [-0.2, -0.15) is 0 Å². The van der Waals surface area contributed by atoms with Crippen LogP contribution in [0.5, 0.6) is 5.75 Å². The Morgan fingerprint density at radius 3 is 2.40 bits per heavy atom. The molecule has 0 unspecified atom stereocenters. The molecule has 0 amide bonds. The van der Waals surface area contributed by atoms with E-state index in [0.717, 1.165) is 32.5 Å². The Bertz CT molecular complexity index is 630. The average molecular weight is 333 g/mol. The molecule has 2 aromatic rings. The molecule has 0 saturated heterocycles. The molecule has 0 aliphatic carbocycles. The molecule has 20 heavy (non-hydrogen) atoms. The molecule has 0 aliphatic heterocycles. The van der Waals surface area contributed by atoms with Crippen LogP contribution >= 0.6 is 15.9 Å². The van der Waals surface area contributed by atoms with Crippen LogP contribution in [0, 0.1) is 19.3 Å². The van der Waals surface area contributed by atoms with Crippen LogP contribution < -0.4 is 10.5 Å². The van der Waals surface area contributed by atoms with Crippen LogP contribution in [0.3, 0.4) is 0 Å². The molecule has 2 aromatic carbocycles. The van der Waals surface area contributed by atoms with Gasteiger partial charge in [-0.25, -0.2) is 0 Å². The lowest BCUT2D eigenvalue weighted by atomic mass is 10.1. The van der Waals surface area contributed by atoms with Crippen LogP contribution in [0.2, 0.25) is 0 Å². The molecule has 0 radical (unpaired) electrons. The maximum atomic E-state index is 7.57. The van der Waals surface area contributed by atoms with Gasteiger partial charge in [0.05, 0.1) is 0 Å². The van der Waals surface area contributed by atoms with Crippen LogP contribution in [0.1, 0.15) is 22.3 Å². The summed E-state index contributed by atoms with van der Waals surface area (Å²) in [6.07, 6.45) is 0. The molecule has 3 nitrogen and oxygen atoms in total. The van der Waals surface area contributed by atoms with Crippen LogP contribution in [-0.4, -0.2) is 5.84 Å². The van der Waals surface area contributed by atoms with Crippen molar-refractivity contribution in [1.29, 1.82) is 5.41 Å². The van der Waals surface area contributed by atoms with E-state index in [-0.39, 0.29) is 5.84 Å². The van der Waals surface area contributed by atoms with E-state index in [0.29, 0.717) is 6.61 Å². The van der Waals surface area contributed by atoms with Crippen LogP contribution in [0.25, 0.3) is 0 Å². The number of nitrogens with one attached hydrogen (secondary N) is 1. The number of benzene rings is 2. The number of rotatable bonds is 4. The number of nitrogens with two attached hydrogens (primary N) is 1. The van der Waals surface area contributed by atoms with Gasteiger partial charge in [-0.1, -0.05) is 40.2 Å². The summed E-state index contributed by atoms with van der Waals surface area (Å²) in [4.78, 5) is 0. The van der Waals surface area contributed by atoms with Gasteiger partial charge in [-0.3, -0.25) is 5.41 Å². The molecule has 0 fully saturated rings. The lowest BCUT2D eigenvalue weighted by molar-refractivity contribution is 0.305. The maximum Gasteiger partial charge on any atom is 0.123 e. The number of ether oxygens (including phenoxy) is 1. The second-order valence-electron chi connectivity index (χ2n) is 4.73. The summed E-state index contributed by atoms with van der Waals surface area (Å²) in [5.74, 6) is 0.883.